The maximum absolute atomic E-state index is 12.2. The molecular weight excluding hydrogens is 278 g/mol. The van der Waals surface area contributed by atoms with Crippen LogP contribution in [0.3, 0.4) is 0 Å². The Labute approximate surface area is 121 Å². The molecule has 1 unspecified atom stereocenters. The second kappa shape index (κ2) is 6.22. The molecule has 2 aromatic rings. The van der Waals surface area contributed by atoms with Crippen LogP contribution in [0.15, 0.2) is 42.5 Å². The van der Waals surface area contributed by atoms with Crippen molar-refractivity contribution < 1.29 is 4.21 Å². The summed E-state index contributed by atoms with van der Waals surface area (Å²) in [4.78, 5) is 0. The van der Waals surface area contributed by atoms with Gasteiger partial charge in [-0.05, 0) is 35.7 Å². The first-order valence-electron chi connectivity index (χ1n) is 5.99. The number of rotatable bonds is 4. The van der Waals surface area contributed by atoms with E-state index in [1.807, 2.05) is 37.3 Å². The van der Waals surface area contributed by atoms with E-state index >= 15 is 0 Å². The van der Waals surface area contributed by atoms with Gasteiger partial charge in [-0.2, -0.15) is 0 Å². The van der Waals surface area contributed by atoms with Crippen molar-refractivity contribution >= 4 is 28.1 Å². The molecule has 0 radical (unpaired) electrons. The van der Waals surface area contributed by atoms with E-state index in [1.165, 1.54) is 5.56 Å². The van der Waals surface area contributed by atoms with Gasteiger partial charge >= 0.3 is 0 Å². The van der Waals surface area contributed by atoms with Gasteiger partial charge in [-0.25, -0.2) is 0 Å². The molecule has 2 rings (SSSR count). The van der Waals surface area contributed by atoms with Gasteiger partial charge in [0.05, 0.1) is 10.7 Å². The Balaban J connectivity index is 2.05. The number of benzene rings is 2. The molecule has 0 aliphatic carbocycles. The average molecular weight is 294 g/mol. The quantitative estimate of drug-likeness (QED) is 0.874. The highest BCUT2D eigenvalue weighted by Crippen LogP contribution is 2.21. The molecule has 0 heterocycles. The number of hydrogen-bond acceptors (Lipinski definition) is 2. The highest BCUT2D eigenvalue weighted by molar-refractivity contribution is 7.83. The summed E-state index contributed by atoms with van der Waals surface area (Å²) >= 11 is 5.87. The lowest BCUT2D eigenvalue weighted by molar-refractivity contribution is 0.682. The molecule has 0 aliphatic heterocycles. The molecule has 0 saturated heterocycles. The lowest BCUT2D eigenvalue weighted by atomic mass is 10.1. The molecule has 0 aromatic heterocycles. The number of nitrogen functional groups attached to an aromatic ring is 1. The fourth-order valence-electron chi connectivity index (χ4n) is 1.87. The van der Waals surface area contributed by atoms with E-state index in [0.29, 0.717) is 22.2 Å². The first kappa shape index (κ1) is 14.1. The summed E-state index contributed by atoms with van der Waals surface area (Å²) in [5.74, 6) is 1.06. The average Bonchev–Trinajstić information content (AvgIpc) is 2.37. The van der Waals surface area contributed by atoms with E-state index in [1.54, 1.807) is 12.1 Å². The van der Waals surface area contributed by atoms with Gasteiger partial charge < -0.3 is 5.73 Å². The Bertz CT molecular complexity index is 613. The van der Waals surface area contributed by atoms with Crippen molar-refractivity contribution in [3.05, 3.63) is 64.2 Å². The lowest BCUT2D eigenvalue weighted by Gasteiger charge is -2.07. The molecule has 0 amide bonds. The number of aryl methyl sites for hydroxylation is 1. The minimum atomic E-state index is -0.946. The minimum Gasteiger partial charge on any atom is -0.398 e. The van der Waals surface area contributed by atoms with Crippen molar-refractivity contribution in [1.29, 1.82) is 0 Å². The van der Waals surface area contributed by atoms with Gasteiger partial charge in [0.2, 0.25) is 0 Å². The van der Waals surface area contributed by atoms with E-state index in [2.05, 4.69) is 0 Å². The maximum Gasteiger partial charge on any atom is 0.0635 e. The van der Waals surface area contributed by atoms with Crippen molar-refractivity contribution in [3.63, 3.8) is 0 Å². The zero-order chi connectivity index (χ0) is 13.8. The zero-order valence-corrected chi connectivity index (χ0v) is 12.3. The summed E-state index contributed by atoms with van der Waals surface area (Å²) in [6, 6.07) is 13.4. The first-order valence-corrected chi connectivity index (χ1v) is 7.86. The van der Waals surface area contributed by atoms with Crippen LogP contribution in [0.1, 0.15) is 16.7 Å². The minimum absolute atomic E-state index is 0.496. The van der Waals surface area contributed by atoms with Crippen molar-refractivity contribution in [1.82, 2.24) is 0 Å². The van der Waals surface area contributed by atoms with Crippen LogP contribution in [-0.2, 0) is 22.3 Å². The van der Waals surface area contributed by atoms with Crippen LogP contribution in [-0.4, -0.2) is 4.21 Å². The van der Waals surface area contributed by atoms with E-state index in [4.69, 9.17) is 17.3 Å². The molecule has 0 spiro atoms. The van der Waals surface area contributed by atoms with Gasteiger partial charge in [0.15, 0.2) is 0 Å². The molecule has 100 valence electrons. The summed E-state index contributed by atoms with van der Waals surface area (Å²) in [5, 5.41) is 0.536. The van der Waals surface area contributed by atoms with Crippen LogP contribution in [0, 0.1) is 6.92 Å². The highest BCUT2D eigenvalue weighted by atomic mass is 35.5. The molecule has 0 saturated carbocycles. The summed E-state index contributed by atoms with van der Waals surface area (Å²) in [5.41, 5.74) is 9.53. The van der Waals surface area contributed by atoms with Crippen LogP contribution < -0.4 is 5.73 Å². The third-order valence-electron chi connectivity index (χ3n) is 2.97. The Kier molecular flexibility index (Phi) is 4.61. The molecule has 4 heteroatoms. The topological polar surface area (TPSA) is 43.1 Å². The Morgan fingerprint density at radius 3 is 2.58 bits per heavy atom. The molecule has 1 atom stereocenters. The van der Waals surface area contributed by atoms with Crippen LogP contribution in [0.2, 0.25) is 5.02 Å². The Morgan fingerprint density at radius 2 is 1.89 bits per heavy atom. The molecule has 0 fully saturated rings. The lowest BCUT2D eigenvalue weighted by Crippen LogP contribution is -2.01. The molecule has 0 aliphatic rings. The summed E-state index contributed by atoms with van der Waals surface area (Å²) in [7, 11) is -0.946. The molecule has 2 nitrogen and oxygen atoms in total. The molecule has 19 heavy (non-hydrogen) atoms. The van der Waals surface area contributed by atoms with Crippen LogP contribution in [0.5, 0.6) is 0 Å². The number of anilines is 1. The van der Waals surface area contributed by atoms with Crippen molar-refractivity contribution in [2.75, 3.05) is 5.73 Å². The summed E-state index contributed by atoms with van der Waals surface area (Å²) in [6.45, 7) is 2.03. The standard InChI is InChI=1S/C15H16ClNOS/c1-11-4-2-3-5-13(11)10-19(18)9-12-6-7-14(16)15(17)8-12/h2-8H,9-10,17H2,1H3. The molecule has 0 bridgehead atoms. The molecular formula is C15H16ClNOS. The van der Waals surface area contributed by atoms with Crippen LogP contribution in [0.4, 0.5) is 5.69 Å². The Morgan fingerprint density at radius 1 is 1.16 bits per heavy atom. The predicted octanol–water partition coefficient (Wildman–Crippen LogP) is 3.68. The third-order valence-corrected chi connectivity index (χ3v) is 4.60. The van der Waals surface area contributed by atoms with Gasteiger partial charge in [-0.3, -0.25) is 4.21 Å². The van der Waals surface area contributed by atoms with Crippen LogP contribution in [0.25, 0.3) is 0 Å². The van der Waals surface area contributed by atoms with Crippen LogP contribution >= 0.6 is 11.6 Å². The first-order chi connectivity index (χ1) is 9.06. The highest BCUT2D eigenvalue weighted by Gasteiger charge is 2.06. The Hall–Kier alpha value is -1.32. The number of nitrogens with two attached hydrogens (primary N) is 1. The van der Waals surface area contributed by atoms with Gasteiger partial charge in [0, 0.05) is 22.3 Å². The SMILES string of the molecule is Cc1ccccc1CS(=O)Cc1ccc(Cl)c(N)c1. The largest absolute Gasteiger partial charge is 0.398 e. The van der Waals surface area contributed by atoms with Gasteiger partial charge in [-0.1, -0.05) is 41.9 Å². The second-order valence-electron chi connectivity index (χ2n) is 4.51. The molecule has 2 N–H and O–H groups in total. The zero-order valence-electron chi connectivity index (χ0n) is 10.7. The normalized spacial score (nSPS) is 12.3. The smallest absolute Gasteiger partial charge is 0.0635 e. The van der Waals surface area contributed by atoms with E-state index < -0.39 is 10.8 Å². The molecule has 2 aromatic carbocycles. The summed E-state index contributed by atoms with van der Waals surface area (Å²) < 4.78 is 12.2. The van der Waals surface area contributed by atoms with Crippen molar-refractivity contribution in [2.45, 2.75) is 18.4 Å². The van der Waals surface area contributed by atoms with E-state index in [-0.39, 0.29) is 0 Å². The van der Waals surface area contributed by atoms with Gasteiger partial charge in [-0.15, -0.1) is 0 Å². The van der Waals surface area contributed by atoms with Crippen molar-refractivity contribution in [2.24, 2.45) is 0 Å². The van der Waals surface area contributed by atoms with Gasteiger partial charge in [0.1, 0.15) is 0 Å². The monoisotopic (exact) mass is 293 g/mol. The predicted molar refractivity (Wildman–Crippen MR) is 82.6 cm³/mol. The second-order valence-corrected chi connectivity index (χ2v) is 6.38. The van der Waals surface area contributed by atoms with E-state index in [0.717, 1.165) is 11.1 Å². The number of hydrogen-bond donors (Lipinski definition) is 1. The fourth-order valence-corrected chi connectivity index (χ4v) is 3.31. The maximum atomic E-state index is 12.2. The fraction of sp³-hybridized carbons (Fsp3) is 0.200. The van der Waals surface area contributed by atoms with Gasteiger partial charge in [0.25, 0.3) is 0 Å². The summed E-state index contributed by atoms with van der Waals surface area (Å²) in [6.07, 6.45) is 0. The van der Waals surface area contributed by atoms with Crippen molar-refractivity contribution in [3.8, 4) is 0 Å². The third kappa shape index (κ3) is 3.82. The number of halogens is 1. The van der Waals surface area contributed by atoms with E-state index in [9.17, 15) is 4.21 Å².